The molecule has 0 saturated heterocycles. The van der Waals surface area contributed by atoms with Crippen molar-refractivity contribution in [1.82, 2.24) is 15.0 Å². The third-order valence-corrected chi connectivity index (χ3v) is 4.83. The van der Waals surface area contributed by atoms with Crippen LogP contribution in [0.25, 0.3) is 0 Å². The number of rotatable bonds is 16. The van der Waals surface area contributed by atoms with Crippen LogP contribution in [-0.4, -0.2) is 43.9 Å². The Morgan fingerprint density at radius 2 is 1.75 bits per heavy atom. The van der Waals surface area contributed by atoms with E-state index in [2.05, 4.69) is 17.2 Å². The summed E-state index contributed by atoms with van der Waals surface area (Å²) in [5, 5.41) is 17.2. The summed E-state index contributed by atoms with van der Waals surface area (Å²) in [7, 11) is 0. The van der Waals surface area contributed by atoms with Crippen LogP contribution in [0.1, 0.15) is 91.7 Å². The van der Waals surface area contributed by atoms with Crippen molar-refractivity contribution in [2.45, 2.75) is 110 Å². The van der Waals surface area contributed by atoms with Gasteiger partial charge in [0.2, 0.25) is 0 Å². The number of aryl methyl sites for hydroxylation is 1. The van der Waals surface area contributed by atoms with Gasteiger partial charge in [0.25, 0.3) is 0 Å². The molecule has 0 radical (unpaired) electrons. The first-order valence-electron chi connectivity index (χ1n) is 10.5. The number of ether oxygens (including phenoxy) is 2. The molecule has 1 aromatic heterocycles. The van der Waals surface area contributed by atoms with Crippen LogP contribution in [0.3, 0.4) is 0 Å². The van der Waals surface area contributed by atoms with E-state index in [0.29, 0.717) is 19.6 Å². The van der Waals surface area contributed by atoms with Crippen molar-refractivity contribution in [2.24, 2.45) is 0 Å². The van der Waals surface area contributed by atoms with Crippen LogP contribution in [0.15, 0.2) is 6.20 Å². The lowest BCUT2D eigenvalue weighted by Gasteiger charge is -2.29. The molecule has 0 saturated carbocycles. The minimum absolute atomic E-state index is 0.112. The van der Waals surface area contributed by atoms with Gasteiger partial charge in [0.15, 0.2) is 0 Å². The molecule has 28 heavy (non-hydrogen) atoms. The zero-order chi connectivity index (χ0) is 21.0. The number of hydrogen-bond acceptors (Lipinski definition) is 5. The van der Waals surface area contributed by atoms with E-state index in [0.717, 1.165) is 25.1 Å². The maximum atomic E-state index is 10.7. The average Bonchev–Trinajstić information content (AvgIpc) is 3.06. The standard InChI is InChI=1S/C21H39N3O4/c1-6-7-8-9-10-14-24-16-18(22-23-24)17-28-21(4,5)13-15-27-20(2,3)12-11-19(25)26/h16H,6-15,17H2,1-5H3,(H,25,26). The van der Waals surface area contributed by atoms with Gasteiger partial charge in [-0.1, -0.05) is 37.8 Å². The van der Waals surface area contributed by atoms with Gasteiger partial charge in [-0.15, -0.1) is 5.10 Å². The van der Waals surface area contributed by atoms with Crippen LogP contribution >= 0.6 is 0 Å². The zero-order valence-corrected chi connectivity index (χ0v) is 18.4. The predicted octanol–water partition coefficient (Wildman–Crippen LogP) is 4.59. The van der Waals surface area contributed by atoms with Crippen molar-refractivity contribution in [1.29, 1.82) is 0 Å². The van der Waals surface area contributed by atoms with E-state index in [9.17, 15) is 4.79 Å². The van der Waals surface area contributed by atoms with Gasteiger partial charge in [0.05, 0.1) is 30.6 Å². The molecule has 7 nitrogen and oxygen atoms in total. The van der Waals surface area contributed by atoms with Crippen LogP contribution in [0, 0.1) is 0 Å². The smallest absolute Gasteiger partial charge is 0.303 e. The van der Waals surface area contributed by atoms with Crippen molar-refractivity contribution >= 4 is 5.97 Å². The minimum atomic E-state index is -0.797. The van der Waals surface area contributed by atoms with Crippen LogP contribution in [-0.2, 0) is 27.4 Å². The van der Waals surface area contributed by atoms with Gasteiger partial charge in [-0.05, 0) is 47.0 Å². The fraction of sp³-hybridized carbons (Fsp3) is 0.857. The van der Waals surface area contributed by atoms with Gasteiger partial charge in [-0.3, -0.25) is 9.48 Å². The van der Waals surface area contributed by atoms with E-state index in [1.165, 1.54) is 25.7 Å². The Balaban J connectivity index is 2.28. The summed E-state index contributed by atoms with van der Waals surface area (Å²) in [5.74, 6) is -0.797. The molecule has 0 aliphatic heterocycles. The van der Waals surface area contributed by atoms with Crippen molar-refractivity contribution in [3.05, 3.63) is 11.9 Å². The monoisotopic (exact) mass is 397 g/mol. The Labute approximate surface area is 169 Å². The molecule has 0 aliphatic rings. The first-order valence-corrected chi connectivity index (χ1v) is 10.5. The van der Waals surface area contributed by atoms with E-state index in [-0.39, 0.29) is 12.0 Å². The third-order valence-electron chi connectivity index (χ3n) is 4.83. The number of hydrogen-bond donors (Lipinski definition) is 1. The maximum Gasteiger partial charge on any atom is 0.303 e. The summed E-state index contributed by atoms with van der Waals surface area (Å²) in [6.07, 6.45) is 9.48. The van der Waals surface area contributed by atoms with E-state index < -0.39 is 11.6 Å². The molecule has 1 rings (SSSR count). The first kappa shape index (κ1) is 24.6. The van der Waals surface area contributed by atoms with Crippen LogP contribution in [0.5, 0.6) is 0 Å². The lowest BCUT2D eigenvalue weighted by atomic mass is 10.0. The number of unbranched alkanes of at least 4 members (excludes halogenated alkanes) is 4. The summed E-state index contributed by atoms with van der Waals surface area (Å²) in [4.78, 5) is 10.7. The molecule has 0 aliphatic carbocycles. The van der Waals surface area contributed by atoms with Crippen molar-refractivity contribution in [3.63, 3.8) is 0 Å². The topological polar surface area (TPSA) is 86.5 Å². The Hall–Kier alpha value is -1.47. The van der Waals surface area contributed by atoms with Gasteiger partial charge in [0.1, 0.15) is 5.69 Å². The second kappa shape index (κ2) is 12.2. The Kier molecular flexibility index (Phi) is 10.7. The molecular weight excluding hydrogens is 358 g/mol. The molecule has 0 bridgehead atoms. The van der Waals surface area contributed by atoms with Crippen molar-refractivity contribution in [3.8, 4) is 0 Å². The second-order valence-corrected chi connectivity index (χ2v) is 8.69. The maximum absolute atomic E-state index is 10.7. The third kappa shape index (κ3) is 11.4. The average molecular weight is 398 g/mol. The Morgan fingerprint density at radius 3 is 2.43 bits per heavy atom. The lowest BCUT2D eigenvalue weighted by Crippen LogP contribution is -2.31. The number of carboxylic acids is 1. The summed E-state index contributed by atoms with van der Waals surface area (Å²) >= 11 is 0. The summed E-state index contributed by atoms with van der Waals surface area (Å²) in [6.45, 7) is 12.0. The minimum Gasteiger partial charge on any atom is -0.481 e. The van der Waals surface area contributed by atoms with E-state index >= 15 is 0 Å². The van der Waals surface area contributed by atoms with Gasteiger partial charge in [0, 0.05) is 13.0 Å². The molecule has 0 amide bonds. The van der Waals surface area contributed by atoms with E-state index in [4.69, 9.17) is 14.6 Å². The van der Waals surface area contributed by atoms with Crippen molar-refractivity contribution in [2.75, 3.05) is 6.61 Å². The highest BCUT2D eigenvalue weighted by atomic mass is 16.5. The van der Waals surface area contributed by atoms with E-state index in [1.807, 2.05) is 38.6 Å². The molecule has 1 heterocycles. The quantitative estimate of drug-likeness (QED) is 0.410. The molecule has 1 aromatic rings. The Morgan fingerprint density at radius 1 is 1.07 bits per heavy atom. The van der Waals surface area contributed by atoms with Gasteiger partial charge in [-0.25, -0.2) is 0 Å². The van der Waals surface area contributed by atoms with E-state index in [1.54, 1.807) is 0 Å². The second-order valence-electron chi connectivity index (χ2n) is 8.69. The number of nitrogens with zero attached hydrogens (tertiary/aromatic N) is 3. The SMILES string of the molecule is CCCCCCCn1cc(COC(C)(C)CCOC(C)(C)CCC(=O)O)nn1. The molecule has 0 aromatic carbocycles. The molecule has 162 valence electrons. The first-order chi connectivity index (χ1) is 13.1. The molecule has 7 heteroatoms. The van der Waals surface area contributed by atoms with Gasteiger partial charge in [-0.2, -0.15) is 0 Å². The highest BCUT2D eigenvalue weighted by molar-refractivity contribution is 5.66. The van der Waals surface area contributed by atoms with Gasteiger partial charge >= 0.3 is 5.97 Å². The fourth-order valence-corrected chi connectivity index (χ4v) is 2.79. The summed E-state index contributed by atoms with van der Waals surface area (Å²) in [5.41, 5.74) is 0.0329. The molecule has 0 atom stereocenters. The largest absolute Gasteiger partial charge is 0.481 e. The van der Waals surface area contributed by atoms with Crippen molar-refractivity contribution < 1.29 is 19.4 Å². The number of aromatic nitrogens is 3. The molecule has 0 unspecified atom stereocenters. The van der Waals surface area contributed by atoms with Crippen LogP contribution in [0.4, 0.5) is 0 Å². The van der Waals surface area contributed by atoms with Crippen LogP contribution in [0.2, 0.25) is 0 Å². The highest BCUT2D eigenvalue weighted by Gasteiger charge is 2.23. The number of aliphatic carboxylic acids is 1. The highest BCUT2D eigenvalue weighted by Crippen LogP contribution is 2.21. The molecule has 0 fully saturated rings. The van der Waals surface area contributed by atoms with Gasteiger partial charge < -0.3 is 14.6 Å². The van der Waals surface area contributed by atoms with Crippen LogP contribution < -0.4 is 0 Å². The fourth-order valence-electron chi connectivity index (χ4n) is 2.79. The lowest BCUT2D eigenvalue weighted by molar-refractivity contribution is -0.139. The molecule has 1 N–H and O–H groups in total. The molecule has 0 spiro atoms. The Bertz CT molecular complexity index is 570. The molecular formula is C21H39N3O4. The summed E-state index contributed by atoms with van der Waals surface area (Å²) in [6, 6.07) is 0. The zero-order valence-electron chi connectivity index (χ0n) is 18.4. The normalized spacial score (nSPS) is 12.5. The predicted molar refractivity (Wildman–Crippen MR) is 109 cm³/mol. The number of carbonyl (C=O) groups is 1. The number of carboxylic acid groups (broad SMARTS) is 1. The summed E-state index contributed by atoms with van der Waals surface area (Å²) < 4.78 is 13.8.